The molecular weight excluding hydrogens is 316 g/mol. The molecule has 2 unspecified atom stereocenters. The third-order valence-electron chi connectivity index (χ3n) is 4.73. The second-order valence-electron chi connectivity index (χ2n) is 8.06. The van der Waals surface area contributed by atoms with Crippen LogP contribution in [-0.2, 0) is 11.2 Å². The fraction of sp³-hybridized carbons (Fsp3) is 0.650. The minimum absolute atomic E-state index is 0.192. The zero-order valence-corrected chi connectivity index (χ0v) is 15.6. The smallest absolute Gasteiger partial charge is 0.410 e. The quantitative estimate of drug-likeness (QED) is 0.912. The van der Waals surface area contributed by atoms with E-state index in [1.54, 1.807) is 0 Å². The van der Waals surface area contributed by atoms with Gasteiger partial charge in [0, 0.05) is 32.1 Å². The summed E-state index contributed by atoms with van der Waals surface area (Å²) in [6.07, 6.45) is 4.03. The molecule has 1 amide bonds. The van der Waals surface area contributed by atoms with Gasteiger partial charge in [0.25, 0.3) is 0 Å². The minimum atomic E-state index is -0.435. The van der Waals surface area contributed by atoms with E-state index < -0.39 is 5.60 Å². The maximum atomic E-state index is 12.2. The van der Waals surface area contributed by atoms with Crippen LogP contribution >= 0.6 is 0 Å². The fourth-order valence-corrected chi connectivity index (χ4v) is 3.48. The van der Waals surface area contributed by atoms with E-state index >= 15 is 0 Å². The Bertz CT molecular complexity index is 572. The minimum Gasteiger partial charge on any atom is -0.488 e. The summed E-state index contributed by atoms with van der Waals surface area (Å²) in [5.74, 6) is 1.02. The van der Waals surface area contributed by atoms with Gasteiger partial charge in [-0.3, -0.25) is 0 Å². The van der Waals surface area contributed by atoms with E-state index in [9.17, 15) is 4.79 Å². The van der Waals surface area contributed by atoms with Crippen molar-refractivity contribution in [2.75, 3.05) is 19.6 Å². The summed E-state index contributed by atoms with van der Waals surface area (Å²) in [4.78, 5) is 14.1. The monoisotopic (exact) mass is 346 g/mol. The lowest BCUT2D eigenvalue weighted by molar-refractivity contribution is 0.0256. The second-order valence-corrected chi connectivity index (χ2v) is 8.06. The number of benzene rings is 1. The number of nitrogens with zero attached hydrogens (tertiary/aromatic N) is 1. The first-order chi connectivity index (χ1) is 11.9. The number of hydrogen-bond donors (Lipinski definition) is 1. The molecule has 1 aromatic rings. The lowest BCUT2D eigenvalue weighted by atomic mass is 10.1. The molecule has 1 aromatic carbocycles. The van der Waals surface area contributed by atoms with Gasteiger partial charge in [0.2, 0.25) is 0 Å². The van der Waals surface area contributed by atoms with Gasteiger partial charge in [-0.05, 0) is 51.7 Å². The second kappa shape index (κ2) is 7.65. The third-order valence-corrected chi connectivity index (χ3v) is 4.73. The SMILES string of the molecule is CC(C)(C)OC(=O)N1CCCC(NCC2Cc3ccccc3O2)CC1. The number of hydrogen-bond acceptors (Lipinski definition) is 4. The van der Waals surface area contributed by atoms with Gasteiger partial charge in [-0.15, -0.1) is 0 Å². The molecule has 2 aliphatic heterocycles. The number of nitrogens with one attached hydrogen (secondary N) is 1. The molecule has 138 valence electrons. The number of fused-ring (bicyclic) bond motifs is 1. The summed E-state index contributed by atoms with van der Waals surface area (Å²) < 4.78 is 11.5. The van der Waals surface area contributed by atoms with Crippen molar-refractivity contribution in [3.8, 4) is 5.75 Å². The highest BCUT2D eigenvalue weighted by atomic mass is 16.6. The van der Waals surface area contributed by atoms with E-state index in [1.807, 2.05) is 37.8 Å². The summed E-state index contributed by atoms with van der Waals surface area (Å²) in [7, 11) is 0. The highest BCUT2D eigenvalue weighted by Gasteiger charge is 2.27. The molecule has 1 saturated heterocycles. The predicted octanol–water partition coefficient (Wildman–Crippen LogP) is 3.37. The van der Waals surface area contributed by atoms with Gasteiger partial charge in [-0.2, -0.15) is 0 Å². The van der Waals surface area contributed by atoms with E-state index in [4.69, 9.17) is 9.47 Å². The van der Waals surface area contributed by atoms with Crippen LogP contribution in [0.25, 0.3) is 0 Å². The largest absolute Gasteiger partial charge is 0.488 e. The Balaban J connectivity index is 1.43. The summed E-state index contributed by atoms with van der Waals surface area (Å²) in [6, 6.07) is 8.69. The normalized spacial score (nSPS) is 23.6. The Kier molecular flexibility index (Phi) is 5.52. The van der Waals surface area contributed by atoms with Gasteiger partial charge >= 0.3 is 6.09 Å². The first-order valence-electron chi connectivity index (χ1n) is 9.36. The van der Waals surface area contributed by atoms with E-state index in [2.05, 4.69) is 17.4 Å². The molecule has 5 nitrogen and oxygen atoms in total. The molecule has 2 aliphatic rings. The average Bonchev–Trinajstić information content (AvgIpc) is 2.80. The van der Waals surface area contributed by atoms with Crippen LogP contribution < -0.4 is 10.1 Å². The van der Waals surface area contributed by atoms with Gasteiger partial charge in [-0.25, -0.2) is 4.79 Å². The molecular formula is C20H30N2O3. The zero-order chi connectivity index (χ0) is 17.9. The number of ether oxygens (including phenoxy) is 2. The molecule has 0 saturated carbocycles. The van der Waals surface area contributed by atoms with E-state index in [0.717, 1.165) is 51.1 Å². The lowest BCUT2D eigenvalue weighted by Gasteiger charge is -2.26. The number of rotatable bonds is 3. The standard InChI is InChI=1S/C20H30N2O3/c1-20(2,3)25-19(23)22-11-6-8-16(10-12-22)21-14-17-13-15-7-4-5-9-18(15)24-17/h4-5,7,9,16-17,21H,6,8,10-14H2,1-3H3. The Labute approximate surface area is 150 Å². The number of carbonyl (C=O) groups is 1. The maximum absolute atomic E-state index is 12.2. The van der Waals surface area contributed by atoms with E-state index in [1.165, 1.54) is 5.56 Å². The molecule has 25 heavy (non-hydrogen) atoms. The Hall–Kier alpha value is -1.75. The molecule has 0 aliphatic carbocycles. The molecule has 0 bridgehead atoms. The van der Waals surface area contributed by atoms with Gasteiger partial charge in [0.1, 0.15) is 17.5 Å². The fourth-order valence-electron chi connectivity index (χ4n) is 3.48. The van der Waals surface area contributed by atoms with Crippen LogP contribution in [0.15, 0.2) is 24.3 Å². The molecule has 1 fully saturated rings. The molecule has 5 heteroatoms. The molecule has 1 N–H and O–H groups in total. The van der Waals surface area contributed by atoms with Gasteiger partial charge in [0.15, 0.2) is 0 Å². The average molecular weight is 346 g/mol. The predicted molar refractivity (Wildman–Crippen MR) is 98.0 cm³/mol. The lowest BCUT2D eigenvalue weighted by Crippen LogP contribution is -2.39. The van der Waals surface area contributed by atoms with Gasteiger partial charge in [-0.1, -0.05) is 18.2 Å². The van der Waals surface area contributed by atoms with Crippen LogP contribution in [0.2, 0.25) is 0 Å². The van der Waals surface area contributed by atoms with Crippen molar-refractivity contribution in [3.63, 3.8) is 0 Å². The highest BCUT2D eigenvalue weighted by molar-refractivity contribution is 5.68. The third kappa shape index (κ3) is 5.11. The maximum Gasteiger partial charge on any atom is 0.410 e. The van der Waals surface area contributed by atoms with Crippen LogP contribution in [0.3, 0.4) is 0 Å². The highest BCUT2D eigenvalue weighted by Crippen LogP contribution is 2.28. The van der Waals surface area contributed by atoms with Crippen LogP contribution in [0.5, 0.6) is 5.75 Å². The molecule has 3 rings (SSSR count). The summed E-state index contributed by atoms with van der Waals surface area (Å²) >= 11 is 0. The first-order valence-corrected chi connectivity index (χ1v) is 9.36. The zero-order valence-electron chi connectivity index (χ0n) is 15.6. The number of carbonyl (C=O) groups excluding carboxylic acids is 1. The van der Waals surface area contributed by atoms with Gasteiger partial charge in [0.05, 0.1) is 0 Å². The van der Waals surface area contributed by atoms with Crippen molar-refractivity contribution in [2.24, 2.45) is 0 Å². The topological polar surface area (TPSA) is 50.8 Å². The van der Waals surface area contributed by atoms with Crippen molar-refractivity contribution in [3.05, 3.63) is 29.8 Å². The molecule has 0 radical (unpaired) electrons. The number of likely N-dealkylation sites (tertiary alicyclic amines) is 1. The Morgan fingerprint density at radius 1 is 1.28 bits per heavy atom. The Morgan fingerprint density at radius 2 is 2.08 bits per heavy atom. The van der Waals surface area contributed by atoms with Crippen molar-refractivity contribution in [2.45, 2.75) is 64.2 Å². The Morgan fingerprint density at radius 3 is 2.84 bits per heavy atom. The summed E-state index contributed by atoms with van der Waals surface area (Å²) in [5.41, 5.74) is 0.863. The van der Waals surface area contributed by atoms with E-state index in [-0.39, 0.29) is 12.2 Å². The van der Waals surface area contributed by atoms with Crippen LogP contribution in [-0.4, -0.2) is 48.4 Å². The molecule has 2 atom stereocenters. The molecule has 0 aromatic heterocycles. The molecule has 2 heterocycles. The van der Waals surface area contributed by atoms with E-state index in [0.29, 0.717) is 6.04 Å². The summed E-state index contributed by atoms with van der Waals surface area (Å²) in [6.45, 7) is 8.11. The van der Waals surface area contributed by atoms with Crippen molar-refractivity contribution in [1.82, 2.24) is 10.2 Å². The van der Waals surface area contributed by atoms with Crippen molar-refractivity contribution in [1.29, 1.82) is 0 Å². The van der Waals surface area contributed by atoms with Crippen molar-refractivity contribution >= 4 is 6.09 Å². The first kappa shape index (κ1) is 18.1. The molecule has 0 spiro atoms. The van der Waals surface area contributed by atoms with Crippen molar-refractivity contribution < 1.29 is 14.3 Å². The van der Waals surface area contributed by atoms with Gasteiger partial charge < -0.3 is 19.7 Å². The van der Waals surface area contributed by atoms with Crippen LogP contribution in [0.4, 0.5) is 4.79 Å². The van der Waals surface area contributed by atoms with Crippen LogP contribution in [0.1, 0.15) is 45.6 Å². The number of para-hydroxylation sites is 1. The summed E-state index contributed by atoms with van der Waals surface area (Å²) in [5, 5.41) is 3.64. The number of amides is 1. The van der Waals surface area contributed by atoms with Crippen LogP contribution in [0, 0.1) is 0 Å².